The molecule has 0 radical (unpaired) electrons. The number of carbonyl (C=O) groups excluding carboxylic acids is 1. The standard InChI is InChI=1S/C19H22F4N6O/c1-12-3-4-14(25-24-12)28-7-5-18(10-28)11-29(8-6-19(18,22)23)17(30)13-9-27(2)26-15(13)16(20)21/h3-4,9,16H,5-8,10-11H2,1-2H3/t18-/m1/s1. The van der Waals surface area contributed by atoms with Crippen LogP contribution in [0.25, 0.3) is 0 Å². The molecule has 0 saturated carbocycles. The van der Waals surface area contributed by atoms with Gasteiger partial charge in [0.2, 0.25) is 0 Å². The molecule has 2 aromatic rings. The molecule has 2 saturated heterocycles. The molecule has 7 nitrogen and oxygen atoms in total. The van der Waals surface area contributed by atoms with Gasteiger partial charge in [-0.05, 0) is 25.5 Å². The zero-order valence-corrected chi connectivity index (χ0v) is 16.7. The topological polar surface area (TPSA) is 67.2 Å². The molecule has 4 rings (SSSR count). The number of aryl methyl sites for hydroxylation is 2. The van der Waals surface area contributed by atoms with Crippen molar-refractivity contribution >= 4 is 11.7 Å². The summed E-state index contributed by atoms with van der Waals surface area (Å²) in [7, 11) is 1.44. The lowest BCUT2D eigenvalue weighted by atomic mass is 9.75. The van der Waals surface area contributed by atoms with Gasteiger partial charge >= 0.3 is 0 Å². The van der Waals surface area contributed by atoms with Crippen LogP contribution in [0.2, 0.25) is 0 Å². The van der Waals surface area contributed by atoms with Crippen molar-refractivity contribution in [3.63, 3.8) is 0 Å². The summed E-state index contributed by atoms with van der Waals surface area (Å²) in [6, 6.07) is 3.49. The van der Waals surface area contributed by atoms with Crippen LogP contribution in [0.3, 0.4) is 0 Å². The maximum atomic E-state index is 15.0. The van der Waals surface area contributed by atoms with Crippen LogP contribution in [0.4, 0.5) is 23.4 Å². The smallest absolute Gasteiger partial charge is 0.282 e. The second-order valence-electron chi connectivity index (χ2n) is 8.07. The first kappa shape index (κ1) is 20.5. The molecule has 0 unspecified atom stereocenters. The Kier molecular flexibility index (Phi) is 4.94. The van der Waals surface area contributed by atoms with Gasteiger partial charge in [0.1, 0.15) is 5.69 Å². The second-order valence-corrected chi connectivity index (χ2v) is 8.07. The van der Waals surface area contributed by atoms with Gasteiger partial charge in [-0.3, -0.25) is 9.48 Å². The van der Waals surface area contributed by atoms with Crippen molar-refractivity contribution in [1.29, 1.82) is 0 Å². The van der Waals surface area contributed by atoms with Crippen LogP contribution >= 0.6 is 0 Å². The van der Waals surface area contributed by atoms with Crippen molar-refractivity contribution in [2.24, 2.45) is 12.5 Å². The third-order valence-electron chi connectivity index (χ3n) is 6.01. The summed E-state index contributed by atoms with van der Waals surface area (Å²) < 4.78 is 57.7. The predicted octanol–water partition coefficient (Wildman–Crippen LogP) is 2.83. The number of hydrogen-bond acceptors (Lipinski definition) is 5. The van der Waals surface area contributed by atoms with Crippen LogP contribution in [0.15, 0.2) is 18.3 Å². The third kappa shape index (κ3) is 3.39. The Balaban J connectivity index is 1.58. The van der Waals surface area contributed by atoms with E-state index in [2.05, 4.69) is 15.3 Å². The highest BCUT2D eigenvalue weighted by Crippen LogP contribution is 2.50. The molecule has 1 amide bonds. The maximum Gasteiger partial charge on any atom is 0.282 e. The molecule has 1 spiro atoms. The van der Waals surface area contributed by atoms with Crippen molar-refractivity contribution in [3.8, 4) is 0 Å². The van der Waals surface area contributed by atoms with Gasteiger partial charge in [-0.25, -0.2) is 17.6 Å². The van der Waals surface area contributed by atoms with E-state index in [0.29, 0.717) is 12.4 Å². The minimum atomic E-state index is -2.99. The van der Waals surface area contributed by atoms with Gasteiger partial charge in [-0.15, -0.1) is 5.10 Å². The fourth-order valence-electron chi connectivity index (χ4n) is 4.33. The number of anilines is 1. The summed E-state index contributed by atoms with van der Waals surface area (Å²) in [5.41, 5.74) is -1.62. The number of carbonyl (C=O) groups is 1. The molecule has 11 heteroatoms. The van der Waals surface area contributed by atoms with E-state index in [1.54, 1.807) is 24.0 Å². The molecule has 2 aliphatic heterocycles. The molecule has 4 heterocycles. The molecule has 162 valence electrons. The number of halogens is 4. The first-order chi connectivity index (χ1) is 14.1. The van der Waals surface area contributed by atoms with E-state index < -0.39 is 35.8 Å². The molecule has 0 bridgehead atoms. The SMILES string of the molecule is Cc1ccc(N2CC[C@]3(CN(C(=O)c4cn(C)nc4C(F)F)CCC3(F)F)C2)nn1. The van der Waals surface area contributed by atoms with Crippen LogP contribution in [0.5, 0.6) is 0 Å². The molecule has 0 aliphatic carbocycles. The molecule has 2 fully saturated rings. The minimum Gasteiger partial charge on any atom is -0.354 e. The minimum absolute atomic E-state index is 0.0102. The Bertz CT molecular complexity index is 947. The first-order valence-corrected chi connectivity index (χ1v) is 9.66. The van der Waals surface area contributed by atoms with Gasteiger partial charge in [0.05, 0.1) is 16.7 Å². The van der Waals surface area contributed by atoms with E-state index in [4.69, 9.17) is 0 Å². The van der Waals surface area contributed by atoms with Crippen LogP contribution in [0, 0.1) is 12.3 Å². The average Bonchev–Trinajstić information content (AvgIpc) is 3.29. The van der Waals surface area contributed by atoms with E-state index in [0.717, 1.165) is 10.4 Å². The largest absolute Gasteiger partial charge is 0.354 e. The molecule has 0 N–H and O–H groups in total. The number of amides is 1. The highest BCUT2D eigenvalue weighted by Gasteiger charge is 2.60. The fraction of sp³-hybridized carbons (Fsp3) is 0.579. The molecule has 0 aromatic carbocycles. The first-order valence-electron chi connectivity index (χ1n) is 9.66. The lowest BCUT2D eigenvalue weighted by Crippen LogP contribution is -2.58. The van der Waals surface area contributed by atoms with Gasteiger partial charge in [-0.1, -0.05) is 0 Å². The van der Waals surface area contributed by atoms with Crippen LogP contribution < -0.4 is 4.90 Å². The molecular weight excluding hydrogens is 404 g/mol. The number of alkyl halides is 4. The molecule has 1 atom stereocenters. The Labute approximate surface area is 170 Å². The van der Waals surface area contributed by atoms with Crippen molar-refractivity contribution in [1.82, 2.24) is 24.9 Å². The Hall–Kier alpha value is -2.72. The van der Waals surface area contributed by atoms with Crippen molar-refractivity contribution in [2.75, 3.05) is 31.1 Å². The van der Waals surface area contributed by atoms with Gasteiger partial charge < -0.3 is 9.80 Å². The zero-order valence-electron chi connectivity index (χ0n) is 16.7. The molecule has 2 aliphatic rings. The molecule has 2 aromatic heterocycles. The summed E-state index contributed by atoms with van der Waals surface area (Å²) >= 11 is 0. The van der Waals surface area contributed by atoms with Crippen LogP contribution in [-0.4, -0.2) is 62.9 Å². The second kappa shape index (κ2) is 7.21. The van der Waals surface area contributed by atoms with E-state index in [-0.39, 0.29) is 31.6 Å². The summed E-state index contributed by atoms with van der Waals surface area (Å²) in [4.78, 5) is 15.9. The van der Waals surface area contributed by atoms with Crippen molar-refractivity contribution in [2.45, 2.75) is 32.1 Å². The summed E-state index contributed by atoms with van der Waals surface area (Å²) in [5, 5.41) is 11.7. The number of aromatic nitrogens is 4. The lowest BCUT2D eigenvalue weighted by molar-refractivity contribution is -0.150. The van der Waals surface area contributed by atoms with Crippen molar-refractivity contribution < 1.29 is 22.4 Å². The summed E-state index contributed by atoms with van der Waals surface area (Å²) in [6.45, 7) is 1.73. The molecule has 30 heavy (non-hydrogen) atoms. The Morgan fingerprint density at radius 1 is 1.13 bits per heavy atom. The van der Waals surface area contributed by atoms with Crippen LogP contribution in [-0.2, 0) is 7.05 Å². The van der Waals surface area contributed by atoms with Crippen molar-refractivity contribution in [3.05, 3.63) is 35.3 Å². The third-order valence-corrected chi connectivity index (χ3v) is 6.01. The average molecular weight is 426 g/mol. The van der Waals surface area contributed by atoms with E-state index >= 15 is 8.78 Å². The van der Waals surface area contributed by atoms with Gasteiger partial charge in [0, 0.05) is 45.8 Å². The highest BCUT2D eigenvalue weighted by molar-refractivity contribution is 5.95. The quantitative estimate of drug-likeness (QED) is 0.707. The van der Waals surface area contributed by atoms with Gasteiger partial charge in [0.25, 0.3) is 18.3 Å². The summed E-state index contributed by atoms with van der Waals surface area (Å²) in [6.07, 6.45) is -2.07. The van der Waals surface area contributed by atoms with E-state index in [1.165, 1.54) is 18.1 Å². The number of likely N-dealkylation sites (tertiary alicyclic amines) is 1. The number of hydrogen-bond donors (Lipinski definition) is 0. The monoisotopic (exact) mass is 426 g/mol. The molecular formula is C19H22F4N6O. The van der Waals surface area contributed by atoms with Gasteiger partial charge in [0.15, 0.2) is 5.82 Å². The summed E-state index contributed by atoms with van der Waals surface area (Å²) in [5.74, 6) is -3.18. The van der Waals surface area contributed by atoms with Crippen LogP contribution in [0.1, 0.15) is 41.0 Å². The highest BCUT2D eigenvalue weighted by atomic mass is 19.3. The lowest BCUT2D eigenvalue weighted by Gasteiger charge is -2.45. The zero-order chi connectivity index (χ0) is 21.7. The predicted molar refractivity (Wildman–Crippen MR) is 99.7 cm³/mol. The normalized spacial score (nSPS) is 23.6. The number of rotatable bonds is 3. The maximum absolute atomic E-state index is 15.0. The number of nitrogens with zero attached hydrogens (tertiary/aromatic N) is 6. The number of piperidine rings is 1. The fourth-order valence-corrected chi connectivity index (χ4v) is 4.33. The van der Waals surface area contributed by atoms with Gasteiger partial charge in [-0.2, -0.15) is 10.2 Å². The Morgan fingerprint density at radius 3 is 2.57 bits per heavy atom. The van der Waals surface area contributed by atoms with E-state index in [1.807, 2.05) is 0 Å². The van der Waals surface area contributed by atoms with E-state index in [9.17, 15) is 13.6 Å². The Morgan fingerprint density at radius 2 is 1.90 bits per heavy atom.